The molecule has 9 heteroatoms. The van der Waals surface area contributed by atoms with Crippen LogP contribution in [0.4, 0.5) is 0 Å². The Balaban J connectivity index is 1.71. The van der Waals surface area contributed by atoms with Crippen LogP contribution in [0.2, 0.25) is 0 Å². The first-order valence-electron chi connectivity index (χ1n) is 9.12. The zero-order valence-corrected chi connectivity index (χ0v) is 17.0. The maximum Gasteiger partial charge on any atom is 0.241 e. The summed E-state index contributed by atoms with van der Waals surface area (Å²) in [6.07, 6.45) is 4.59. The number of carbonyl (C=O) groups excluding carboxylic acids is 1. The molecular formula is C18H27N5O3S. The summed E-state index contributed by atoms with van der Waals surface area (Å²) in [5.74, 6) is 0.971. The van der Waals surface area contributed by atoms with Crippen LogP contribution in [0.25, 0.3) is 5.65 Å². The molecule has 3 rings (SSSR count). The van der Waals surface area contributed by atoms with E-state index in [1.54, 1.807) is 4.90 Å². The maximum absolute atomic E-state index is 13.0. The molecule has 0 aromatic carbocycles. The minimum absolute atomic E-state index is 0.169. The number of hydrogen-bond donors (Lipinski definition) is 1. The van der Waals surface area contributed by atoms with Crippen molar-refractivity contribution in [3.8, 4) is 0 Å². The number of aromatic nitrogens is 3. The highest BCUT2D eigenvalue weighted by Crippen LogP contribution is 2.29. The van der Waals surface area contributed by atoms with Gasteiger partial charge in [0.15, 0.2) is 5.65 Å². The van der Waals surface area contributed by atoms with Crippen molar-refractivity contribution in [1.82, 2.24) is 24.2 Å². The van der Waals surface area contributed by atoms with Gasteiger partial charge in [-0.25, -0.2) is 13.1 Å². The normalized spacial score (nSPS) is 18.0. The maximum atomic E-state index is 13.0. The quantitative estimate of drug-likeness (QED) is 0.847. The molecule has 1 aliphatic heterocycles. The van der Waals surface area contributed by atoms with Gasteiger partial charge in [-0.3, -0.25) is 9.20 Å². The fraction of sp³-hybridized carbons (Fsp3) is 0.611. The van der Waals surface area contributed by atoms with Gasteiger partial charge in [-0.15, -0.1) is 10.2 Å². The minimum atomic E-state index is -3.48. The fourth-order valence-electron chi connectivity index (χ4n) is 3.49. The van der Waals surface area contributed by atoms with Gasteiger partial charge in [0.05, 0.1) is 6.26 Å². The summed E-state index contributed by atoms with van der Waals surface area (Å²) in [6, 6.07) is 5.01. The number of nitrogens with one attached hydrogen (secondary N) is 1. The van der Waals surface area contributed by atoms with Crippen molar-refractivity contribution in [3.05, 3.63) is 30.2 Å². The average molecular weight is 394 g/mol. The molecule has 2 aromatic rings. The van der Waals surface area contributed by atoms with Gasteiger partial charge in [-0.05, 0) is 30.4 Å². The SMILES string of the molecule is CC(C)(C)C(NS(C)(=O)=O)C(=O)N1CCC(c2nnc3ccccn23)CC1. The molecule has 1 N–H and O–H groups in total. The zero-order valence-electron chi connectivity index (χ0n) is 16.2. The van der Waals surface area contributed by atoms with Gasteiger partial charge < -0.3 is 4.90 Å². The lowest BCUT2D eigenvalue weighted by molar-refractivity contribution is -0.136. The third-order valence-corrected chi connectivity index (χ3v) is 5.62. The molecule has 2 aromatic heterocycles. The molecule has 1 fully saturated rings. The second-order valence-corrected chi connectivity index (χ2v) is 10.1. The number of likely N-dealkylation sites (tertiary alicyclic amines) is 1. The smallest absolute Gasteiger partial charge is 0.241 e. The summed E-state index contributed by atoms with van der Waals surface area (Å²) < 4.78 is 27.9. The Labute approximate surface area is 160 Å². The number of hydrogen-bond acceptors (Lipinski definition) is 5. The molecular weight excluding hydrogens is 366 g/mol. The van der Waals surface area contributed by atoms with Crippen LogP contribution in [0.1, 0.15) is 45.4 Å². The van der Waals surface area contributed by atoms with Crippen LogP contribution in [0, 0.1) is 5.41 Å². The zero-order chi connectivity index (χ0) is 19.8. The van der Waals surface area contributed by atoms with E-state index in [0.717, 1.165) is 30.6 Å². The first-order chi connectivity index (χ1) is 12.6. The van der Waals surface area contributed by atoms with Crippen LogP contribution in [0.3, 0.4) is 0 Å². The van der Waals surface area contributed by atoms with E-state index < -0.39 is 21.5 Å². The molecule has 1 amide bonds. The minimum Gasteiger partial charge on any atom is -0.341 e. The Morgan fingerprint density at radius 1 is 1.22 bits per heavy atom. The standard InChI is InChI=1S/C18H27N5O3S/c1-18(2,3)15(21-27(4,25)26)17(24)22-11-8-13(9-12-22)16-20-19-14-7-5-6-10-23(14)16/h5-7,10,13,15,21H,8-9,11-12H2,1-4H3. The third-order valence-electron chi connectivity index (χ3n) is 4.96. The average Bonchev–Trinajstić information content (AvgIpc) is 3.02. The number of amides is 1. The van der Waals surface area contributed by atoms with Crippen molar-refractivity contribution < 1.29 is 13.2 Å². The summed E-state index contributed by atoms with van der Waals surface area (Å²) in [5.41, 5.74) is 0.302. The number of carbonyl (C=O) groups is 1. The van der Waals surface area contributed by atoms with Crippen molar-refractivity contribution in [2.24, 2.45) is 5.41 Å². The highest BCUT2D eigenvalue weighted by molar-refractivity contribution is 7.88. The van der Waals surface area contributed by atoms with Crippen LogP contribution < -0.4 is 4.72 Å². The van der Waals surface area contributed by atoms with Crippen LogP contribution in [-0.4, -0.2) is 59.2 Å². The molecule has 0 saturated carbocycles. The highest BCUT2D eigenvalue weighted by atomic mass is 32.2. The predicted octanol–water partition coefficient (Wildman–Crippen LogP) is 1.40. The number of pyridine rings is 1. The highest BCUT2D eigenvalue weighted by Gasteiger charge is 2.38. The molecule has 0 radical (unpaired) electrons. The van der Waals surface area contributed by atoms with Crippen molar-refractivity contribution in [1.29, 1.82) is 0 Å². The lowest BCUT2D eigenvalue weighted by atomic mass is 9.85. The third kappa shape index (κ3) is 4.47. The van der Waals surface area contributed by atoms with Gasteiger partial charge >= 0.3 is 0 Å². The Bertz CT molecular complexity index is 924. The van der Waals surface area contributed by atoms with Crippen LogP contribution in [0.15, 0.2) is 24.4 Å². The Hall–Kier alpha value is -2.00. The summed E-state index contributed by atoms with van der Waals surface area (Å²) in [5, 5.41) is 8.53. The van der Waals surface area contributed by atoms with Gasteiger partial charge in [-0.2, -0.15) is 0 Å². The van der Waals surface area contributed by atoms with Crippen molar-refractivity contribution in [3.63, 3.8) is 0 Å². The summed E-state index contributed by atoms with van der Waals surface area (Å²) >= 11 is 0. The van der Waals surface area contributed by atoms with Crippen molar-refractivity contribution in [2.45, 2.75) is 45.6 Å². The first-order valence-corrected chi connectivity index (χ1v) is 11.0. The van der Waals surface area contributed by atoms with E-state index in [1.807, 2.05) is 49.6 Å². The Morgan fingerprint density at radius 2 is 1.89 bits per heavy atom. The van der Waals surface area contributed by atoms with Gasteiger partial charge in [0.25, 0.3) is 0 Å². The van der Waals surface area contributed by atoms with Gasteiger partial charge in [0.2, 0.25) is 15.9 Å². The number of nitrogens with zero attached hydrogens (tertiary/aromatic N) is 4. The van der Waals surface area contributed by atoms with Crippen molar-refractivity contribution >= 4 is 21.6 Å². The molecule has 8 nitrogen and oxygen atoms in total. The fourth-order valence-corrected chi connectivity index (χ4v) is 4.37. The topological polar surface area (TPSA) is 96.7 Å². The predicted molar refractivity (Wildman–Crippen MR) is 103 cm³/mol. The van der Waals surface area contributed by atoms with E-state index in [9.17, 15) is 13.2 Å². The van der Waals surface area contributed by atoms with Crippen molar-refractivity contribution in [2.75, 3.05) is 19.3 Å². The number of sulfonamides is 1. The van der Waals surface area contributed by atoms with Gasteiger partial charge in [-0.1, -0.05) is 26.8 Å². The molecule has 3 heterocycles. The Kier molecular flexibility index (Phi) is 5.27. The molecule has 1 aliphatic rings. The second-order valence-electron chi connectivity index (χ2n) is 8.28. The number of piperidine rings is 1. The van der Waals surface area contributed by atoms with E-state index in [0.29, 0.717) is 13.1 Å². The molecule has 0 aliphatic carbocycles. The molecule has 1 unspecified atom stereocenters. The molecule has 0 spiro atoms. The van der Waals surface area contributed by atoms with Crippen LogP contribution in [-0.2, 0) is 14.8 Å². The van der Waals surface area contributed by atoms with E-state index in [2.05, 4.69) is 14.9 Å². The molecule has 0 bridgehead atoms. The summed E-state index contributed by atoms with van der Waals surface area (Å²) in [6.45, 7) is 6.74. The monoisotopic (exact) mass is 393 g/mol. The lowest BCUT2D eigenvalue weighted by Crippen LogP contribution is -2.55. The van der Waals surface area contributed by atoms with E-state index in [4.69, 9.17) is 0 Å². The van der Waals surface area contributed by atoms with Crippen LogP contribution in [0.5, 0.6) is 0 Å². The van der Waals surface area contributed by atoms with E-state index in [-0.39, 0.29) is 11.8 Å². The van der Waals surface area contributed by atoms with E-state index >= 15 is 0 Å². The van der Waals surface area contributed by atoms with Gasteiger partial charge in [0.1, 0.15) is 11.9 Å². The number of rotatable bonds is 4. The van der Waals surface area contributed by atoms with E-state index in [1.165, 1.54) is 0 Å². The molecule has 148 valence electrons. The molecule has 27 heavy (non-hydrogen) atoms. The summed E-state index contributed by atoms with van der Waals surface area (Å²) in [4.78, 5) is 14.8. The van der Waals surface area contributed by atoms with Crippen LogP contribution >= 0.6 is 0 Å². The Morgan fingerprint density at radius 3 is 2.48 bits per heavy atom. The second kappa shape index (κ2) is 7.20. The lowest BCUT2D eigenvalue weighted by Gasteiger charge is -2.37. The largest absolute Gasteiger partial charge is 0.341 e. The number of fused-ring (bicyclic) bond motifs is 1. The van der Waals surface area contributed by atoms with Gasteiger partial charge in [0, 0.05) is 25.2 Å². The molecule has 1 atom stereocenters. The molecule has 1 saturated heterocycles. The first kappa shape index (κ1) is 19.8. The summed E-state index contributed by atoms with van der Waals surface area (Å²) in [7, 11) is -3.48.